The van der Waals surface area contributed by atoms with Crippen LogP contribution in [0.2, 0.25) is 0 Å². The molecule has 1 heterocycles. The molecule has 2 aromatic carbocycles. The largest absolute Gasteiger partial charge is 0.508 e. The van der Waals surface area contributed by atoms with Crippen molar-refractivity contribution in [1.29, 1.82) is 0 Å². The van der Waals surface area contributed by atoms with Crippen LogP contribution in [0.25, 0.3) is 0 Å². The van der Waals surface area contributed by atoms with E-state index in [1.54, 1.807) is 25.2 Å². The Morgan fingerprint density at radius 3 is 2.75 bits per heavy atom. The third-order valence-electron chi connectivity index (χ3n) is 3.49. The number of nitrogens with zero attached hydrogens (tertiary/aromatic N) is 1. The fourth-order valence-corrected chi connectivity index (χ4v) is 2.31. The van der Waals surface area contributed by atoms with Crippen molar-refractivity contribution in [3.05, 3.63) is 47.5 Å². The van der Waals surface area contributed by atoms with Crippen molar-refractivity contribution in [3.8, 4) is 23.0 Å². The summed E-state index contributed by atoms with van der Waals surface area (Å²) in [6.07, 6.45) is 0. The van der Waals surface area contributed by atoms with Gasteiger partial charge in [0, 0.05) is 19.2 Å². The van der Waals surface area contributed by atoms with Crippen LogP contribution in [0.1, 0.15) is 20.7 Å². The first-order chi connectivity index (χ1) is 11.5. The molecule has 7 heteroatoms. The van der Waals surface area contributed by atoms with E-state index in [1.807, 2.05) is 0 Å². The summed E-state index contributed by atoms with van der Waals surface area (Å²) < 4.78 is 15.8. The van der Waals surface area contributed by atoms with Crippen LogP contribution in [-0.2, 0) is 4.74 Å². The number of rotatable bonds is 3. The number of esters is 1. The first-order valence-electron chi connectivity index (χ1n) is 7.10. The van der Waals surface area contributed by atoms with E-state index in [-0.39, 0.29) is 29.7 Å². The van der Waals surface area contributed by atoms with Gasteiger partial charge in [0.15, 0.2) is 6.73 Å². The molecule has 7 nitrogen and oxygen atoms in total. The van der Waals surface area contributed by atoms with E-state index in [2.05, 4.69) is 4.74 Å². The summed E-state index contributed by atoms with van der Waals surface area (Å²) in [5, 5.41) is 9.71. The van der Waals surface area contributed by atoms with Crippen LogP contribution in [0.4, 0.5) is 0 Å². The van der Waals surface area contributed by atoms with Crippen molar-refractivity contribution < 1.29 is 28.9 Å². The van der Waals surface area contributed by atoms with E-state index in [0.29, 0.717) is 17.1 Å². The van der Waals surface area contributed by atoms with Gasteiger partial charge in [-0.1, -0.05) is 0 Å². The van der Waals surface area contributed by atoms with Gasteiger partial charge in [-0.25, -0.2) is 4.79 Å². The predicted molar refractivity (Wildman–Crippen MR) is 83.6 cm³/mol. The minimum atomic E-state index is -0.585. The van der Waals surface area contributed by atoms with Crippen LogP contribution in [0, 0.1) is 0 Å². The normalized spacial score (nSPS) is 13.1. The van der Waals surface area contributed by atoms with Crippen LogP contribution in [-0.4, -0.2) is 42.8 Å². The van der Waals surface area contributed by atoms with Gasteiger partial charge < -0.3 is 24.2 Å². The average Bonchev–Trinajstić information content (AvgIpc) is 2.57. The lowest BCUT2D eigenvalue weighted by atomic mass is 10.1. The Morgan fingerprint density at radius 1 is 1.21 bits per heavy atom. The van der Waals surface area contributed by atoms with Crippen LogP contribution in [0.5, 0.6) is 23.0 Å². The smallest absolute Gasteiger partial charge is 0.338 e. The lowest BCUT2D eigenvalue weighted by Gasteiger charge is -2.25. The number of carbonyl (C=O) groups excluding carboxylic acids is 2. The Hall–Kier alpha value is -3.22. The Kier molecular flexibility index (Phi) is 3.99. The summed E-state index contributed by atoms with van der Waals surface area (Å²) in [6.45, 7) is 0.161. The van der Waals surface area contributed by atoms with Gasteiger partial charge in [0.1, 0.15) is 23.0 Å². The maximum Gasteiger partial charge on any atom is 0.338 e. The van der Waals surface area contributed by atoms with Gasteiger partial charge >= 0.3 is 5.97 Å². The number of phenols is 1. The lowest BCUT2D eigenvalue weighted by Crippen LogP contribution is -2.35. The van der Waals surface area contributed by atoms with Crippen LogP contribution in [0.15, 0.2) is 36.4 Å². The molecular weight excluding hydrogens is 314 g/mol. The molecule has 0 aromatic heterocycles. The molecule has 1 aliphatic rings. The number of fused-ring (bicyclic) bond motifs is 1. The van der Waals surface area contributed by atoms with Crippen LogP contribution < -0.4 is 9.47 Å². The highest BCUT2D eigenvalue weighted by Crippen LogP contribution is 2.32. The number of benzene rings is 2. The number of phenolic OH excluding ortho intramolecular Hbond substituents is 1. The van der Waals surface area contributed by atoms with E-state index in [9.17, 15) is 14.7 Å². The highest BCUT2D eigenvalue weighted by molar-refractivity contribution is 5.97. The van der Waals surface area contributed by atoms with Crippen molar-refractivity contribution >= 4 is 11.9 Å². The quantitative estimate of drug-likeness (QED) is 0.870. The lowest BCUT2D eigenvalue weighted by molar-refractivity contribution is 0.0588. The number of ether oxygens (including phenoxy) is 3. The summed E-state index contributed by atoms with van der Waals surface area (Å²) in [5.74, 6) is 0.247. The zero-order valence-corrected chi connectivity index (χ0v) is 13.1. The maximum absolute atomic E-state index is 12.0. The molecule has 0 aliphatic carbocycles. The van der Waals surface area contributed by atoms with E-state index in [4.69, 9.17) is 9.47 Å². The molecule has 0 saturated carbocycles. The van der Waals surface area contributed by atoms with Crippen molar-refractivity contribution in [2.75, 3.05) is 20.9 Å². The Balaban J connectivity index is 1.88. The van der Waals surface area contributed by atoms with Crippen molar-refractivity contribution in [2.45, 2.75) is 0 Å². The molecule has 0 spiro atoms. The van der Waals surface area contributed by atoms with Gasteiger partial charge in [-0.2, -0.15) is 0 Å². The topological polar surface area (TPSA) is 85.3 Å². The number of hydrogen-bond acceptors (Lipinski definition) is 6. The van der Waals surface area contributed by atoms with Gasteiger partial charge in [0.05, 0.1) is 18.2 Å². The van der Waals surface area contributed by atoms with Gasteiger partial charge in [0.2, 0.25) is 0 Å². The molecule has 0 fully saturated rings. The molecule has 124 valence electrons. The fourth-order valence-electron chi connectivity index (χ4n) is 2.31. The summed E-state index contributed by atoms with van der Waals surface area (Å²) >= 11 is 0. The Labute approximate surface area is 138 Å². The summed E-state index contributed by atoms with van der Waals surface area (Å²) in [5.41, 5.74) is 0.612. The van der Waals surface area contributed by atoms with Gasteiger partial charge in [-0.3, -0.25) is 4.79 Å². The average molecular weight is 329 g/mol. The molecule has 0 saturated heterocycles. The van der Waals surface area contributed by atoms with E-state index >= 15 is 0 Å². The molecule has 0 atom stereocenters. The highest BCUT2D eigenvalue weighted by atomic mass is 16.5. The first-order valence-corrected chi connectivity index (χ1v) is 7.10. The molecule has 0 unspecified atom stereocenters. The third-order valence-corrected chi connectivity index (χ3v) is 3.49. The van der Waals surface area contributed by atoms with Crippen molar-refractivity contribution in [2.24, 2.45) is 0 Å². The van der Waals surface area contributed by atoms with Crippen molar-refractivity contribution in [1.82, 2.24) is 4.90 Å². The summed E-state index contributed by atoms with van der Waals surface area (Å²) in [4.78, 5) is 25.0. The molecule has 1 aliphatic heterocycles. The minimum Gasteiger partial charge on any atom is -0.508 e. The van der Waals surface area contributed by atoms with Gasteiger partial charge in [0.25, 0.3) is 5.91 Å². The SMILES string of the molecule is COC(=O)c1cc(O)cc(Oc2ccc3c(c2)OCN(C)C3=O)c1. The standard InChI is InChI=1S/C17H15NO6/c1-18-9-23-15-8-12(3-4-14(15)16(18)20)24-13-6-10(17(21)22-2)5-11(19)7-13/h3-8,19H,9H2,1-2H3. The van der Waals surface area contributed by atoms with E-state index in [0.717, 1.165) is 0 Å². The fraction of sp³-hybridized carbons (Fsp3) is 0.176. The monoisotopic (exact) mass is 329 g/mol. The first kappa shape index (κ1) is 15.7. The zero-order valence-electron chi connectivity index (χ0n) is 13.1. The molecule has 1 amide bonds. The second-order valence-electron chi connectivity index (χ2n) is 5.24. The maximum atomic E-state index is 12.0. The second kappa shape index (κ2) is 6.11. The molecule has 24 heavy (non-hydrogen) atoms. The second-order valence-corrected chi connectivity index (χ2v) is 5.24. The van der Waals surface area contributed by atoms with Crippen LogP contribution >= 0.6 is 0 Å². The van der Waals surface area contributed by atoms with E-state index in [1.165, 1.54) is 30.2 Å². The van der Waals surface area contributed by atoms with Gasteiger partial charge in [-0.15, -0.1) is 0 Å². The van der Waals surface area contributed by atoms with Crippen LogP contribution in [0.3, 0.4) is 0 Å². The molecule has 2 aromatic rings. The summed E-state index contributed by atoms with van der Waals surface area (Å²) in [6, 6.07) is 8.90. The van der Waals surface area contributed by atoms with Gasteiger partial charge in [-0.05, 0) is 24.3 Å². The summed E-state index contributed by atoms with van der Waals surface area (Å²) in [7, 11) is 2.90. The highest BCUT2D eigenvalue weighted by Gasteiger charge is 2.23. The minimum absolute atomic E-state index is 0.126. The zero-order chi connectivity index (χ0) is 17.3. The Bertz CT molecular complexity index is 817. The number of carbonyl (C=O) groups is 2. The van der Waals surface area contributed by atoms with E-state index < -0.39 is 5.97 Å². The molecule has 1 N–H and O–H groups in total. The molecular formula is C17H15NO6. The van der Waals surface area contributed by atoms with Crippen molar-refractivity contribution in [3.63, 3.8) is 0 Å². The third kappa shape index (κ3) is 2.96. The number of methoxy groups -OCH3 is 1. The predicted octanol–water partition coefficient (Wildman–Crippen LogP) is 2.39. The molecule has 0 bridgehead atoms. The molecule has 0 radical (unpaired) electrons. The number of aromatic hydroxyl groups is 1. The number of hydrogen-bond donors (Lipinski definition) is 1. The Morgan fingerprint density at radius 2 is 2.00 bits per heavy atom. The molecule has 3 rings (SSSR count). The number of amides is 1.